The van der Waals surface area contributed by atoms with Gasteiger partial charge in [-0.25, -0.2) is 4.79 Å². The highest BCUT2D eigenvalue weighted by atomic mass is 16.5. The van der Waals surface area contributed by atoms with Gasteiger partial charge < -0.3 is 26.3 Å². The number of aromatic nitrogens is 1. The number of Topliss-reactive ketones (excluding diaryl/α,β-unsaturated/α-hetero) is 1. The van der Waals surface area contributed by atoms with Gasteiger partial charge >= 0.3 is 12.2 Å². The van der Waals surface area contributed by atoms with Gasteiger partial charge in [0.2, 0.25) is 11.7 Å². The number of nitrogens with zero attached hydrogens (tertiary/aromatic N) is 2. The third-order valence-corrected chi connectivity index (χ3v) is 4.55. The number of aromatic amines is 1. The number of hydrogen-bond donors (Lipinski definition) is 3. The zero-order chi connectivity index (χ0) is 21.4. The number of H-pyrrole nitrogens is 1. The van der Waals surface area contributed by atoms with Crippen molar-refractivity contribution in [2.45, 2.75) is 45.4 Å². The maximum absolute atomic E-state index is 12.6. The number of hydrogen-bond acceptors (Lipinski definition) is 5. The van der Waals surface area contributed by atoms with Gasteiger partial charge in [0.25, 0.3) is 0 Å². The smallest absolute Gasteiger partial charge is 0.328 e. The number of carbonyl (C=O) groups is 3. The molecule has 0 fully saturated rings. The maximum atomic E-state index is 12.6. The molecule has 9 nitrogen and oxygen atoms in total. The average molecular weight is 399 g/mol. The van der Waals surface area contributed by atoms with E-state index in [9.17, 15) is 14.4 Å². The number of carbonyl (C=O) groups excluding carboxylic acids is 3. The number of nitrogens with two attached hydrogens (primary N) is 1. The van der Waals surface area contributed by atoms with Crippen LogP contribution in [-0.2, 0) is 25.7 Å². The molecule has 1 amide bonds. The lowest BCUT2D eigenvalue weighted by Gasteiger charge is -2.21. The van der Waals surface area contributed by atoms with Crippen LogP contribution in [0, 0.1) is 5.92 Å². The van der Waals surface area contributed by atoms with Crippen LogP contribution in [0.2, 0.25) is 0 Å². The minimum atomic E-state index is -1.05. The SMILES string of the molecule is CC(C)[C@H](N)C(=O)N[C@@H](CCC(=O)C=[N+]=[N-])C(=O)OCc1c[nH]c2ccccc12. The first-order valence-electron chi connectivity index (χ1n) is 9.31. The number of para-hydroxylation sites is 1. The molecule has 29 heavy (non-hydrogen) atoms. The minimum Gasteiger partial charge on any atom is -0.459 e. The van der Waals surface area contributed by atoms with Crippen molar-refractivity contribution in [1.29, 1.82) is 0 Å². The van der Waals surface area contributed by atoms with E-state index in [1.54, 1.807) is 20.0 Å². The van der Waals surface area contributed by atoms with Crippen molar-refractivity contribution in [3.63, 3.8) is 0 Å². The predicted octanol–water partition coefficient (Wildman–Crippen LogP) is 1.33. The standard InChI is InChI=1S/C20H25N5O4/c1-12(2)18(21)19(27)25-17(8-7-14(26)10-24-22)20(28)29-11-13-9-23-16-6-4-3-5-15(13)16/h3-6,9-10,12,17-18,23H,7-8,11,21H2,1-2H3,(H,25,27)/t17-,18-/m0/s1. The van der Waals surface area contributed by atoms with Crippen LogP contribution in [0.5, 0.6) is 0 Å². The first kappa shape index (κ1) is 22.0. The second-order valence-electron chi connectivity index (χ2n) is 7.05. The van der Waals surface area contributed by atoms with E-state index >= 15 is 0 Å². The van der Waals surface area contributed by atoms with Gasteiger partial charge in [-0.15, -0.1) is 0 Å². The fraction of sp³-hybridized carbons (Fsp3) is 0.400. The summed E-state index contributed by atoms with van der Waals surface area (Å²) < 4.78 is 5.38. The molecule has 0 saturated heterocycles. The van der Waals surface area contributed by atoms with Gasteiger partial charge in [0, 0.05) is 29.1 Å². The molecule has 0 saturated carbocycles. The predicted molar refractivity (Wildman–Crippen MR) is 107 cm³/mol. The Morgan fingerprint density at radius 2 is 2.03 bits per heavy atom. The molecule has 0 aliphatic rings. The topological polar surface area (TPSA) is 151 Å². The van der Waals surface area contributed by atoms with Gasteiger partial charge in [-0.1, -0.05) is 32.0 Å². The molecule has 1 aromatic heterocycles. The molecule has 2 rings (SSSR count). The summed E-state index contributed by atoms with van der Waals surface area (Å²) in [4.78, 5) is 42.2. The molecule has 0 aliphatic heterocycles. The molecule has 1 heterocycles. The Balaban J connectivity index is 2.06. The molecule has 9 heteroatoms. The molecule has 2 atom stereocenters. The highest BCUT2D eigenvalue weighted by Gasteiger charge is 2.27. The maximum Gasteiger partial charge on any atom is 0.328 e. The number of ether oxygens (including phenoxy) is 1. The lowest BCUT2D eigenvalue weighted by Crippen LogP contribution is -2.50. The molecule has 0 bridgehead atoms. The Hall–Kier alpha value is -3.29. The summed E-state index contributed by atoms with van der Waals surface area (Å²) in [6.07, 6.45) is 2.39. The fourth-order valence-electron chi connectivity index (χ4n) is 2.74. The summed E-state index contributed by atoms with van der Waals surface area (Å²) in [5, 5.41) is 3.48. The molecular formula is C20H25N5O4. The first-order chi connectivity index (χ1) is 13.8. The minimum absolute atomic E-state index is 0.00583. The summed E-state index contributed by atoms with van der Waals surface area (Å²) in [6, 6.07) is 5.74. The highest BCUT2D eigenvalue weighted by Crippen LogP contribution is 2.18. The number of nitrogens with one attached hydrogen (secondary N) is 2. The van der Waals surface area contributed by atoms with Crippen LogP contribution in [0.1, 0.15) is 32.3 Å². The molecule has 0 unspecified atom stereocenters. The van der Waals surface area contributed by atoms with E-state index in [1.807, 2.05) is 24.3 Å². The number of amides is 1. The van der Waals surface area contributed by atoms with Gasteiger partial charge in [-0.2, -0.15) is 4.79 Å². The Kier molecular flexibility index (Phi) is 7.82. The third-order valence-electron chi connectivity index (χ3n) is 4.55. The van der Waals surface area contributed by atoms with Crippen molar-refractivity contribution in [3.05, 3.63) is 41.6 Å². The Bertz CT molecular complexity index is 930. The van der Waals surface area contributed by atoms with E-state index in [2.05, 4.69) is 15.1 Å². The van der Waals surface area contributed by atoms with Gasteiger partial charge in [0.15, 0.2) is 0 Å². The summed E-state index contributed by atoms with van der Waals surface area (Å²) >= 11 is 0. The van der Waals surface area contributed by atoms with Crippen molar-refractivity contribution >= 4 is 34.8 Å². The molecule has 1 aromatic carbocycles. The number of benzene rings is 1. The molecule has 2 aromatic rings. The Labute approximate surface area is 168 Å². The van der Waals surface area contributed by atoms with Crippen LogP contribution in [0.4, 0.5) is 0 Å². The van der Waals surface area contributed by atoms with Crippen LogP contribution in [0.25, 0.3) is 16.4 Å². The molecule has 0 aliphatic carbocycles. The highest BCUT2D eigenvalue weighted by molar-refractivity contribution is 6.25. The Morgan fingerprint density at radius 3 is 2.72 bits per heavy atom. The summed E-state index contributed by atoms with van der Waals surface area (Å²) in [6.45, 7) is 3.59. The van der Waals surface area contributed by atoms with Gasteiger partial charge in [-0.05, 0) is 18.4 Å². The lowest BCUT2D eigenvalue weighted by molar-refractivity contribution is -0.149. The van der Waals surface area contributed by atoms with E-state index in [0.29, 0.717) is 0 Å². The van der Waals surface area contributed by atoms with Crippen LogP contribution >= 0.6 is 0 Å². The van der Waals surface area contributed by atoms with Gasteiger partial charge in [-0.3, -0.25) is 9.59 Å². The quantitative estimate of drug-likeness (QED) is 0.238. The van der Waals surface area contributed by atoms with E-state index in [0.717, 1.165) is 22.7 Å². The van der Waals surface area contributed by atoms with Crippen LogP contribution < -0.4 is 11.1 Å². The second kappa shape index (κ2) is 10.3. The summed E-state index contributed by atoms with van der Waals surface area (Å²) in [5.41, 5.74) is 16.0. The molecule has 0 spiro atoms. The monoisotopic (exact) mass is 399 g/mol. The van der Waals surface area contributed by atoms with Crippen LogP contribution in [-0.4, -0.2) is 45.7 Å². The van der Waals surface area contributed by atoms with E-state index in [1.165, 1.54) is 0 Å². The van der Waals surface area contributed by atoms with E-state index < -0.39 is 29.7 Å². The number of fused-ring (bicyclic) bond motifs is 1. The van der Waals surface area contributed by atoms with Crippen molar-refractivity contribution in [1.82, 2.24) is 10.3 Å². The van der Waals surface area contributed by atoms with E-state index in [-0.39, 0.29) is 25.4 Å². The summed E-state index contributed by atoms with van der Waals surface area (Å²) in [7, 11) is 0. The Morgan fingerprint density at radius 1 is 1.31 bits per heavy atom. The van der Waals surface area contributed by atoms with Crippen molar-refractivity contribution in [2.75, 3.05) is 0 Å². The number of ketones is 1. The normalized spacial score (nSPS) is 12.8. The number of esters is 1. The zero-order valence-electron chi connectivity index (χ0n) is 16.4. The van der Waals surface area contributed by atoms with Crippen LogP contribution in [0.3, 0.4) is 0 Å². The molecular weight excluding hydrogens is 374 g/mol. The van der Waals surface area contributed by atoms with Crippen molar-refractivity contribution in [3.8, 4) is 0 Å². The van der Waals surface area contributed by atoms with Gasteiger partial charge in [0.05, 0.1) is 6.04 Å². The average Bonchev–Trinajstić information content (AvgIpc) is 3.11. The lowest BCUT2D eigenvalue weighted by atomic mass is 10.0. The fourth-order valence-corrected chi connectivity index (χ4v) is 2.74. The van der Waals surface area contributed by atoms with E-state index in [4.69, 9.17) is 16.0 Å². The first-order valence-corrected chi connectivity index (χ1v) is 9.31. The van der Waals surface area contributed by atoms with Crippen molar-refractivity contribution < 1.29 is 23.9 Å². The molecule has 0 radical (unpaired) electrons. The largest absolute Gasteiger partial charge is 0.459 e. The molecule has 154 valence electrons. The second-order valence-corrected chi connectivity index (χ2v) is 7.05. The molecule has 4 N–H and O–H groups in total. The third kappa shape index (κ3) is 6.10. The summed E-state index contributed by atoms with van der Waals surface area (Å²) in [5.74, 6) is -1.78. The zero-order valence-corrected chi connectivity index (χ0v) is 16.4. The van der Waals surface area contributed by atoms with Gasteiger partial charge in [0.1, 0.15) is 12.6 Å². The van der Waals surface area contributed by atoms with Crippen molar-refractivity contribution in [2.24, 2.45) is 11.7 Å². The number of rotatable bonds is 10. The van der Waals surface area contributed by atoms with Crippen LogP contribution in [0.15, 0.2) is 30.5 Å².